The minimum absolute atomic E-state index is 0.156. The molecular weight excluding hydrogens is 362 g/mol. The lowest BCUT2D eigenvalue weighted by Crippen LogP contribution is -2.34. The van der Waals surface area contributed by atoms with Crippen molar-refractivity contribution in [3.05, 3.63) is 43.7 Å². The van der Waals surface area contributed by atoms with Crippen LogP contribution >= 0.6 is 34.3 Å². The summed E-state index contributed by atoms with van der Waals surface area (Å²) in [5.41, 5.74) is 1.97. The van der Waals surface area contributed by atoms with Crippen LogP contribution in [0.4, 0.5) is 0 Å². The standard InChI is InChI=1S/C18H18ClNO2S2/c19-16-4-3-14(24-16)13-11-20(10-12-5-7-22-8-6-12)18(21)17(13)15-2-1-9-23-15/h1-4,9,12H,5-8,10-11H2. The van der Waals surface area contributed by atoms with E-state index >= 15 is 0 Å². The summed E-state index contributed by atoms with van der Waals surface area (Å²) in [6.45, 7) is 3.12. The molecule has 1 amide bonds. The highest BCUT2D eigenvalue weighted by Crippen LogP contribution is 2.40. The molecule has 24 heavy (non-hydrogen) atoms. The number of amides is 1. The Hall–Kier alpha value is -1.14. The Morgan fingerprint density at radius 3 is 2.71 bits per heavy atom. The van der Waals surface area contributed by atoms with E-state index in [0.717, 1.165) is 57.8 Å². The number of nitrogens with zero attached hydrogens (tertiary/aromatic N) is 1. The molecule has 6 heteroatoms. The van der Waals surface area contributed by atoms with Gasteiger partial charge < -0.3 is 9.64 Å². The molecule has 0 aliphatic carbocycles. The summed E-state index contributed by atoms with van der Waals surface area (Å²) in [5.74, 6) is 0.696. The number of halogens is 1. The van der Waals surface area contributed by atoms with Gasteiger partial charge in [0.2, 0.25) is 0 Å². The van der Waals surface area contributed by atoms with Gasteiger partial charge in [-0.2, -0.15) is 0 Å². The van der Waals surface area contributed by atoms with Gasteiger partial charge in [0.05, 0.1) is 9.91 Å². The summed E-state index contributed by atoms with van der Waals surface area (Å²) in [6, 6.07) is 7.97. The topological polar surface area (TPSA) is 29.5 Å². The molecule has 2 aromatic rings. The average molecular weight is 380 g/mol. The number of ether oxygens (including phenoxy) is 1. The van der Waals surface area contributed by atoms with Gasteiger partial charge in [-0.05, 0) is 42.3 Å². The van der Waals surface area contributed by atoms with E-state index in [1.54, 1.807) is 22.7 Å². The fourth-order valence-electron chi connectivity index (χ4n) is 3.37. The monoisotopic (exact) mass is 379 g/mol. The molecule has 0 unspecified atom stereocenters. The number of carbonyl (C=O) groups excluding carboxylic acids is 1. The fraction of sp³-hybridized carbons (Fsp3) is 0.389. The number of thiophene rings is 2. The molecule has 4 rings (SSSR count). The van der Waals surface area contributed by atoms with E-state index in [2.05, 4.69) is 0 Å². The van der Waals surface area contributed by atoms with Crippen molar-refractivity contribution in [1.29, 1.82) is 0 Å². The van der Waals surface area contributed by atoms with Crippen LogP contribution in [0.1, 0.15) is 22.6 Å². The molecule has 2 aliphatic heterocycles. The molecule has 0 atom stereocenters. The highest BCUT2D eigenvalue weighted by Gasteiger charge is 2.34. The predicted octanol–water partition coefficient (Wildman–Crippen LogP) is 4.64. The zero-order chi connectivity index (χ0) is 16.5. The van der Waals surface area contributed by atoms with Crippen LogP contribution in [0.5, 0.6) is 0 Å². The van der Waals surface area contributed by atoms with Gasteiger partial charge in [-0.3, -0.25) is 4.79 Å². The molecule has 2 aliphatic rings. The molecule has 0 bridgehead atoms. The van der Waals surface area contributed by atoms with Crippen LogP contribution in [-0.4, -0.2) is 37.1 Å². The minimum atomic E-state index is 0.156. The summed E-state index contributed by atoms with van der Waals surface area (Å²) < 4.78 is 6.20. The van der Waals surface area contributed by atoms with Crippen molar-refractivity contribution in [2.75, 3.05) is 26.3 Å². The largest absolute Gasteiger partial charge is 0.381 e. The third-order valence-corrected chi connectivity index (χ3v) is 6.79. The van der Waals surface area contributed by atoms with Gasteiger partial charge in [-0.15, -0.1) is 22.7 Å². The van der Waals surface area contributed by atoms with E-state index in [4.69, 9.17) is 16.3 Å². The van der Waals surface area contributed by atoms with Crippen molar-refractivity contribution in [1.82, 2.24) is 4.90 Å². The zero-order valence-electron chi connectivity index (χ0n) is 13.2. The molecule has 0 radical (unpaired) electrons. The Balaban J connectivity index is 1.63. The second-order valence-corrected chi connectivity index (χ2v) is 8.84. The van der Waals surface area contributed by atoms with Crippen molar-refractivity contribution in [2.45, 2.75) is 12.8 Å². The van der Waals surface area contributed by atoms with E-state index in [1.807, 2.05) is 34.5 Å². The van der Waals surface area contributed by atoms with Crippen LogP contribution in [-0.2, 0) is 9.53 Å². The van der Waals surface area contributed by atoms with E-state index in [9.17, 15) is 4.79 Å². The number of hydrogen-bond donors (Lipinski definition) is 0. The predicted molar refractivity (Wildman–Crippen MR) is 101 cm³/mol. The maximum Gasteiger partial charge on any atom is 0.256 e. The van der Waals surface area contributed by atoms with Crippen LogP contribution in [0.25, 0.3) is 11.1 Å². The van der Waals surface area contributed by atoms with Crippen LogP contribution in [0.3, 0.4) is 0 Å². The van der Waals surface area contributed by atoms with E-state index in [1.165, 1.54) is 0 Å². The molecule has 4 heterocycles. The average Bonchev–Trinajstić information content (AvgIpc) is 3.30. The first kappa shape index (κ1) is 16.3. The van der Waals surface area contributed by atoms with Crippen molar-refractivity contribution in [3.8, 4) is 0 Å². The van der Waals surface area contributed by atoms with Gasteiger partial charge in [0.25, 0.3) is 5.91 Å². The van der Waals surface area contributed by atoms with Crippen molar-refractivity contribution >= 4 is 51.3 Å². The highest BCUT2D eigenvalue weighted by atomic mass is 35.5. The van der Waals surface area contributed by atoms with E-state index < -0.39 is 0 Å². The fourth-order valence-corrected chi connectivity index (χ4v) is 5.24. The maximum atomic E-state index is 13.1. The smallest absolute Gasteiger partial charge is 0.256 e. The SMILES string of the molecule is O=C1C(c2cccs2)=C(c2ccc(Cl)s2)CN1CC1CCOCC1. The third kappa shape index (κ3) is 3.18. The van der Waals surface area contributed by atoms with Crippen LogP contribution < -0.4 is 0 Å². The summed E-state index contributed by atoms with van der Waals surface area (Å²) in [4.78, 5) is 17.2. The molecule has 0 spiro atoms. The van der Waals surface area contributed by atoms with Gasteiger partial charge >= 0.3 is 0 Å². The molecule has 1 fully saturated rings. The molecule has 0 saturated carbocycles. The van der Waals surface area contributed by atoms with Crippen LogP contribution in [0, 0.1) is 5.92 Å². The van der Waals surface area contributed by atoms with E-state index in [0.29, 0.717) is 12.5 Å². The molecule has 126 valence electrons. The maximum absolute atomic E-state index is 13.1. The van der Waals surface area contributed by atoms with Gasteiger partial charge in [0, 0.05) is 41.6 Å². The Bertz CT molecular complexity index is 760. The quantitative estimate of drug-likeness (QED) is 0.774. The molecule has 0 aromatic carbocycles. The van der Waals surface area contributed by atoms with Gasteiger partial charge in [0.15, 0.2) is 0 Å². The van der Waals surface area contributed by atoms with Gasteiger partial charge in [0.1, 0.15) is 0 Å². The molecule has 0 N–H and O–H groups in total. The number of carbonyl (C=O) groups is 1. The molecule has 3 nitrogen and oxygen atoms in total. The second kappa shape index (κ2) is 7.00. The first-order valence-electron chi connectivity index (χ1n) is 8.12. The third-order valence-electron chi connectivity index (χ3n) is 4.61. The van der Waals surface area contributed by atoms with Crippen molar-refractivity contribution in [3.63, 3.8) is 0 Å². The Morgan fingerprint density at radius 2 is 2.04 bits per heavy atom. The zero-order valence-corrected chi connectivity index (χ0v) is 15.6. The summed E-state index contributed by atoms with van der Waals surface area (Å²) in [7, 11) is 0. The van der Waals surface area contributed by atoms with Crippen molar-refractivity contribution < 1.29 is 9.53 Å². The van der Waals surface area contributed by atoms with Crippen LogP contribution in [0.2, 0.25) is 4.34 Å². The van der Waals surface area contributed by atoms with Gasteiger partial charge in [-0.25, -0.2) is 0 Å². The lowest BCUT2D eigenvalue weighted by molar-refractivity contribution is -0.124. The highest BCUT2D eigenvalue weighted by molar-refractivity contribution is 7.17. The van der Waals surface area contributed by atoms with Gasteiger partial charge in [-0.1, -0.05) is 17.7 Å². The first-order chi connectivity index (χ1) is 11.7. The molecule has 2 aromatic heterocycles. The summed E-state index contributed by atoms with van der Waals surface area (Å²) >= 11 is 9.30. The number of rotatable bonds is 4. The first-order valence-corrected chi connectivity index (χ1v) is 10.2. The lowest BCUT2D eigenvalue weighted by atomic mass is 10.00. The van der Waals surface area contributed by atoms with Crippen LogP contribution in [0.15, 0.2) is 29.6 Å². The Morgan fingerprint density at radius 1 is 1.21 bits per heavy atom. The van der Waals surface area contributed by atoms with E-state index in [-0.39, 0.29) is 5.91 Å². The number of hydrogen-bond acceptors (Lipinski definition) is 4. The molecular formula is C18H18ClNO2S2. The second-order valence-electron chi connectivity index (χ2n) is 6.18. The lowest BCUT2D eigenvalue weighted by Gasteiger charge is -2.27. The minimum Gasteiger partial charge on any atom is -0.381 e. The molecule has 1 saturated heterocycles. The van der Waals surface area contributed by atoms with Crippen molar-refractivity contribution in [2.24, 2.45) is 5.92 Å². The Labute approximate surface area is 154 Å². The summed E-state index contributed by atoms with van der Waals surface area (Å²) in [5, 5.41) is 2.02. The summed E-state index contributed by atoms with van der Waals surface area (Å²) in [6.07, 6.45) is 2.08. The Kier molecular flexibility index (Phi) is 4.77. The normalized spacial score (nSPS) is 19.5.